The molecule has 0 saturated carbocycles. The number of nitrogens with zero attached hydrogens (tertiary/aromatic N) is 1. The van der Waals surface area contributed by atoms with Crippen LogP contribution in [0.5, 0.6) is 0 Å². The molecule has 1 aliphatic rings. The van der Waals surface area contributed by atoms with Crippen LogP contribution in [0.25, 0.3) is 0 Å². The maximum absolute atomic E-state index is 3.69. The minimum Gasteiger partial charge on any atom is -0.370 e. The van der Waals surface area contributed by atoms with E-state index in [4.69, 9.17) is 0 Å². The number of rotatable bonds is 3. The summed E-state index contributed by atoms with van der Waals surface area (Å²) < 4.78 is 1.25. The van der Waals surface area contributed by atoms with Crippen molar-refractivity contribution in [2.24, 2.45) is 5.92 Å². The number of hydrogen-bond donors (Lipinski definition) is 1. The lowest BCUT2D eigenvalue weighted by atomic mass is 10.1. The van der Waals surface area contributed by atoms with Crippen LogP contribution < -0.4 is 10.2 Å². The van der Waals surface area contributed by atoms with E-state index in [-0.39, 0.29) is 0 Å². The molecule has 2 rings (SSSR count). The molecular formula is C13H19BrN2. The summed E-state index contributed by atoms with van der Waals surface area (Å²) in [5, 5.41) is 3.27. The van der Waals surface area contributed by atoms with E-state index in [9.17, 15) is 0 Å². The van der Waals surface area contributed by atoms with Gasteiger partial charge in [-0.25, -0.2) is 0 Å². The topological polar surface area (TPSA) is 15.3 Å². The third-order valence-electron chi connectivity index (χ3n) is 3.29. The molecule has 1 N–H and O–H groups in total. The number of benzene rings is 1. The van der Waals surface area contributed by atoms with Gasteiger partial charge in [0, 0.05) is 17.6 Å². The zero-order valence-electron chi connectivity index (χ0n) is 9.96. The standard InChI is InChI=1S/C13H19BrN2/c1-10-4-3-5-12(13(10)14)16-7-6-11(9-16)8-15-2/h3-5,11,15H,6-9H2,1-2H3. The van der Waals surface area contributed by atoms with Gasteiger partial charge in [0.25, 0.3) is 0 Å². The summed E-state index contributed by atoms with van der Waals surface area (Å²) in [5.41, 5.74) is 2.66. The zero-order chi connectivity index (χ0) is 11.5. The summed E-state index contributed by atoms with van der Waals surface area (Å²) in [6.45, 7) is 5.62. The molecule has 3 heteroatoms. The van der Waals surface area contributed by atoms with E-state index in [0.717, 1.165) is 12.5 Å². The third-order valence-corrected chi connectivity index (χ3v) is 4.32. The molecule has 1 aliphatic heterocycles. The molecule has 1 atom stereocenters. The fourth-order valence-electron chi connectivity index (χ4n) is 2.38. The third kappa shape index (κ3) is 2.41. The Bertz CT molecular complexity index is 365. The highest BCUT2D eigenvalue weighted by Gasteiger charge is 2.23. The number of nitrogens with one attached hydrogen (secondary N) is 1. The van der Waals surface area contributed by atoms with E-state index in [1.54, 1.807) is 0 Å². The summed E-state index contributed by atoms with van der Waals surface area (Å²) in [6.07, 6.45) is 1.29. The summed E-state index contributed by atoms with van der Waals surface area (Å²) in [4.78, 5) is 2.49. The summed E-state index contributed by atoms with van der Waals surface area (Å²) in [6, 6.07) is 6.49. The maximum Gasteiger partial charge on any atom is 0.0513 e. The van der Waals surface area contributed by atoms with Crippen LogP contribution in [-0.2, 0) is 0 Å². The fourth-order valence-corrected chi connectivity index (χ4v) is 2.90. The molecule has 0 radical (unpaired) electrons. The van der Waals surface area contributed by atoms with Crippen LogP contribution in [0.3, 0.4) is 0 Å². The van der Waals surface area contributed by atoms with Crippen LogP contribution in [0.15, 0.2) is 22.7 Å². The van der Waals surface area contributed by atoms with E-state index in [1.165, 1.54) is 35.2 Å². The lowest BCUT2D eigenvalue weighted by Crippen LogP contribution is -2.24. The lowest BCUT2D eigenvalue weighted by Gasteiger charge is -2.21. The second kappa shape index (κ2) is 5.19. The van der Waals surface area contributed by atoms with Crippen molar-refractivity contribution < 1.29 is 0 Å². The number of anilines is 1. The second-order valence-electron chi connectivity index (χ2n) is 4.57. The molecule has 1 aromatic rings. The fraction of sp³-hybridized carbons (Fsp3) is 0.538. The molecule has 16 heavy (non-hydrogen) atoms. The summed E-state index contributed by atoms with van der Waals surface area (Å²) in [7, 11) is 2.03. The van der Waals surface area contributed by atoms with Gasteiger partial charge < -0.3 is 10.2 Å². The van der Waals surface area contributed by atoms with E-state index in [1.807, 2.05) is 7.05 Å². The largest absolute Gasteiger partial charge is 0.370 e. The summed E-state index contributed by atoms with van der Waals surface area (Å²) >= 11 is 3.69. The highest BCUT2D eigenvalue weighted by Crippen LogP contribution is 2.32. The van der Waals surface area contributed by atoms with Gasteiger partial charge in [-0.1, -0.05) is 12.1 Å². The molecular weight excluding hydrogens is 264 g/mol. The Hall–Kier alpha value is -0.540. The Labute approximate surface area is 106 Å². The predicted octanol–water partition coefficient (Wildman–Crippen LogP) is 2.80. The number of aryl methyl sites for hydroxylation is 1. The Kier molecular flexibility index (Phi) is 3.87. The first kappa shape index (κ1) is 11.9. The van der Waals surface area contributed by atoms with Crippen LogP contribution in [0.4, 0.5) is 5.69 Å². The van der Waals surface area contributed by atoms with Crippen molar-refractivity contribution in [2.75, 3.05) is 31.6 Å². The van der Waals surface area contributed by atoms with Crippen LogP contribution in [0.2, 0.25) is 0 Å². The van der Waals surface area contributed by atoms with Gasteiger partial charge in [-0.2, -0.15) is 0 Å². The smallest absolute Gasteiger partial charge is 0.0513 e. The first-order valence-electron chi connectivity index (χ1n) is 5.87. The molecule has 1 aromatic carbocycles. The summed E-state index contributed by atoms with van der Waals surface area (Å²) in [5.74, 6) is 0.789. The first-order chi connectivity index (χ1) is 7.72. The van der Waals surface area contributed by atoms with Gasteiger partial charge >= 0.3 is 0 Å². The Morgan fingerprint density at radius 3 is 3.06 bits per heavy atom. The van der Waals surface area contributed by atoms with Crippen LogP contribution in [0, 0.1) is 12.8 Å². The van der Waals surface area contributed by atoms with Crippen LogP contribution >= 0.6 is 15.9 Å². The lowest BCUT2D eigenvalue weighted by molar-refractivity contribution is 0.549. The SMILES string of the molecule is CNCC1CCN(c2cccc(C)c2Br)C1. The quantitative estimate of drug-likeness (QED) is 0.917. The minimum absolute atomic E-state index is 0.789. The number of halogens is 1. The van der Waals surface area contributed by atoms with Crippen molar-refractivity contribution in [3.63, 3.8) is 0 Å². The van der Waals surface area contributed by atoms with Crippen molar-refractivity contribution in [1.29, 1.82) is 0 Å². The molecule has 1 heterocycles. The second-order valence-corrected chi connectivity index (χ2v) is 5.36. The first-order valence-corrected chi connectivity index (χ1v) is 6.66. The van der Waals surface area contributed by atoms with Gasteiger partial charge in [0.1, 0.15) is 0 Å². The van der Waals surface area contributed by atoms with Gasteiger partial charge in [-0.15, -0.1) is 0 Å². The Balaban J connectivity index is 2.11. The van der Waals surface area contributed by atoms with Crippen molar-refractivity contribution in [1.82, 2.24) is 5.32 Å². The molecule has 1 saturated heterocycles. The van der Waals surface area contributed by atoms with Gasteiger partial charge in [0.2, 0.25) is 0 Å². The Morgan fingerprint density at radius 1 is 1.50 bits per heavy atom. The number of hydrogen-bond acceptors (Lipinski definition) is 2. The van der Waals surface area contributed by atoms with Crippen molar-refractivity contribution in [3.05, 3.63) is 28.2 Å². The Morgan fingerprint density at radius 2 is 2.31 bits per heavy atom. The predicted molar refractivity (Wildman–Crippen MR) is 73.1 cm³/mol. The molecule has 0 bridgehead atoms. The van der Waals surface area contributed by atoms with Gasteiger partial charge in [-0.05, 0) is 60.4 Å². The molecule has 0 aromatic heterocycles. The van der Waals surface area contributed by atoms with Gasteiger partial charge in [0.05, 0.1) is 5.69 Å². The highest BCUT2D eigenvalue weighted by atomic mass is 79.9. The van der Waals surface area contributed by atoms with Crippen molar-refractivity contribution in [2.45, 2.75) is 13.3 Å². The van der Waals surface area contributed by atoms with E-state index >= 15 is 0 Å². The van der Waals surface area contributed by atoms with Gasteiger partial charge in [0.15, 0.2) is 0 Å². The molecule has 0 spiro atoms. The van der Waals surface area contributed by atoms with Crippen LogP contribution in [-0.4, -0.2) is 26.7 Å². The molecule has 1 unspecified atom stereocenters. The van der Waals surface area contributed by atoms with Gasteiger partial charge in [-0.3, -0.25) is 0 Å². The van der Waals surface area contributed by atoms with Crippen molar-refractivity contribution >= 4 is 21.6 Å². The normalized spacial score (nSPS) is 20.4. The molecule has 0 amide bonds. The molecule has 88 valence electrons. The average Bonchev–Trinajstić information content (AvgIpc) is 2.71. The highest BCUT2D eigenvalue weighted by molar-refractivity contribution is 9.10. The van der Waals surface area contributed by atoms with Crippen molar-refractivity contribution in [3.8, 4) is 0 Å². The van der Waals surface area contributed by atoms with Crippen LogP contribution in [0.1, 0.15) is 12.0 Å². The van der Waals surface area contributed by atoms with E-state index in [0.29, 0.717) is 0 Å². The minimum atomic E-state index is 0.789. The average molecular weight is 283 g/mol. The molecule has 0 aliphatic carbocycles. The van der Waals surface area contributed by atoms with E-state index < -0.39 is 0 Å². The molecule has 1 fully saturated rings. The maximum atomic E-state index is 3.69. The van der Waals surface area contributed by atoms with E-state index in [2.05, 4.69) is 51.3 Å². The molecule has 2 nitrogen and oxygen atoms in total. The monoisotopic (exact) mass is 282 g/mol. The zero-order valence-corrected chi connectivity index (χ0v) is 11.5.